The summed E-state index contributed by atoms with van der Waals surface area (Å²) >= 11 is 1.36. The minimum atomic E-state index is -1.65. The number of amides is 10. The largest absolute Gasteiger partial charge is 0.393 e. The Morgan fingerprint density at radius 1 is 0.537 bits per heavy atom. The molecule has 0 aromatic carbocycles. The number of likely N-dealkylation sites (N-methyl/N-ethyl adjacent to an activating group) is 7. The molecule has 1 unspecified atom stereocenters. The predicted molar refractivity (Wildman–Crippen MR) is 372 cm³/mol. The number of aliphatic hydroxyl groups is 3. The van der Waals surface area contributed by atoms with Crippen molar-refractivity contribution in [1.29, 1.82) is 0 Å². The first-order valence-electron chi connectivity index (χ1n) is 34.1. The van der Waals surface area contributed by atoms with Crippen molar-refractivity contribution >= 4 is 76.6 Å². The van der Waals surface area contributed by atoms with E-state index in [2.05, 4.69) is 21.3 Å². The lowest BCUT2D eigenvalue weighted by Gasteiger charge is -2.41. The second-order valence-electron chi connectivity index (χ2n) is 29.2. The first-order valence-corrected chi connectivity index (χ1v) is 35.3. The maximum absolute atomic E-state index is 15.3. The monoisotopic (exact) mass is 1360 g/mol. The van der Waals surface area contributed by atoms with Crippen LogP contribution in [-0.2, 0) is 52.7 Å². The van der Waals surface area contributed by atoms with Gasteiger partial charge in [-0.2, -0.15) is 11.8 Å². The third-order valence-corrected chi connectivity index (χ3v) is 18.9. The standard InChI is InChI=1S/C69H125N11O14S/c1-26-28-30-44(13)58(83)57-62(87)72-48(27-2)64(89)78(23)53(38-95-32-29-31-45(14)81)54(82)37-74(19)52(36-69(17,18)94)61(86)73-55(42(9)10)67(92)75(20)49(33-39(3)4)60(85)70-46(15)59(84)71-47(16)63(88)76(21)50(34-40(5)6)65(90)77(22)51(35-41(7)8)66(91)79(24)56(43(11)12)68(93)80(57)25/h26,28,39-53,55-58,81,83,94H,27,29-38H2,1-25H3,(H,70,85)(H,71,84)(H,72,87)(H,73,86)/b28-26+/t44-,45?,46+,47-,48+,49+,50+,51+,52+,53-,55+,56+,57+,58-/m1/s1. The third kappa shape index (κ3) is 26.6. The van der Waals surface area contributed by atoms with Crippen LogP contribution in [0.3, 0.4) is 0 Å². The van der Waals surface area contributed by atoms with E-state index in [0.29, 0.717) is 18.6 Å². The van der Waals surface area contributed by atoms with E-state index in [1.807, 2.05) is 41.5 Å². The molecule has 1 aliphatic heterocycles. The van der Waals surface area contributed by atoms with E-state index in [1.54, 1.807) is 67.5 Å². The second kappa shape index (κ2) is 40.3. The van der Waals surface area contributed by atoms with Crippen molar-refractivity contribution in [2.75, 3.05) is 67.4 Å². The fourth-order valence-electron chi connectivity index (χ4n) is 11.8. The zero-order valence-electron chi connectivity index (χ0n) is 62.3. The number of carbonyl (C=O) groups is 11. The van der Waals surface area contributed by atoms with Crippen LogP contribution in [0.5, 0.6) is 0 Å². The molecule has 1 fully saturated rings. The Morgan fingerprint density at radius 3 is 1.47 bits per heavy atom. The Bertz CT molecular complexity index is 2580. The van der Waals surface area contributed by atoms with Gasteiger partial charge >= 0.3 is 0 Å². The molecule has 1 rings (SSSR count). The van der Waals surface area contributed by atoms with Crippen molar-refractivity contribution in [3.8, 4) is 0 Å². The summed E-state index contributed by atoms with van der Waals surface area (Å²) in [6.07, 6.45) is 2.93. The van der Waals surface area contributed by atoms with Gasteiger partial charge in [-0.3, -0.25) is 57.6 Å². The Balaban J connectivity index is 4.51. The van der Waals surface area contributed by atoms with Gasteiger partial charge in [0.05, 0.1) is 30.4 Å². The number of hydrogen-bond acceptors (Lipinski definition) is 16. The average molecular weight is 1360 g/mol. The highest BCUT2D eigenvalue weighted by molar-refractivity contribution is 7.99. The maximum atomic E-state index is 15.3. The molecule has 0 aromatic rings. The summed E-state index contributed by atoms with van der Waals surface area (Å²) in [7, 11) is 10.0. The minimum absolute atomic E-state index is 0.0144. The van der Waals surface area contributed by atoms with Crippen molar-refractivity contribution in [1.82, 2.24) is 55.6 Å². The summed E-state index contributed by atoms with van der Waals surface area (Å²) < 4.78 is 0. The van der Waals surface area contributed by atoms with Crippen LogP contribution in [0.1, 0.15) is 176 Å². The zero-order chi connectivity index (χ0) is 73.6. The van der Waals surface area contributed by atoms with Gasteiger partial charge in [-0.15, -0.1) is 0 Å². The summed E-state index contributed by atoms with van der Waals surface area (Å²) in [5.41, 5.74) is -1.51. The molecule has 1 heterocycles. The normalized spacial score (nSPS) is 26.9. The number of ketones is 1. The van der Waals surface area contributed by atoms with Gasteiger partial charge in [-0.25, -0.2) is 0 Å². The number of allylic oxidation sites excluding steroid dienone is 2. The molecule has 0 aromatic heterocycles. The second-order valence-corrected chi connectivity index (χ2v) is 30.3. The van der Waals surface area contributed by atoms with Crippen LogP contribution in [0.2, 0.25) is 0 Å². The summed E-state index contributed by atoms with van der Waals surface area (Å²) in [5.74, 6) is -9.38. The molecule has 25 nitrogen and oxygen atoms in total. The SMILES string of the molecule is C/C=C/C[C@@H](C)[C@@H](O)[C@H]1C(=O)N[C@@H](CC)C(=O)N(C)[C@H](CSCCCC(C)O)C(=O)CN(C)[C@@H](CC(C)(C)O)C(=O)N[C@@H](C(C)C)C(=O)N(C)[C@@H](CC(C)C)C(=O)N[C@@H](C)C(=O)N[C@H](C)C(=O)N(C)[C@@H](CC(C)C)C(=O)N(C)[C@@H](CC(C)C)C(=O)N(C)[C@@H](C(C)C)C(=O)N1C. The van der Waals surface area contributed by atoms with E-state index in [0.717, 1.165) is 4.90 Å². The van der Waals surface area contributed by atoms with Gasteiger partial charge in [0, 0.05) is 54.5 Å². The fraction of sp³-hybridized carbons (Fsp3) is 0.812. The summed E-state index contributed by atoms with van der Waals surface area (Å²) in [5, 5.41) is 44.7. The number of carbonyl (C=O) groups excluding carboxylic acids is 11. The number of nitrogens with zero attached hydrogens (tertiary/aromatic N) is 7. The zero-order valence-corrected chi connectivity index (χ0v) is 63.1. The van der Waals surface area contributed by atoms with Gasteiger partial charge in [-0.05, 0) is 135 Å². The Labute approximate surface area is 573 Å². The molecule has 10 amide bonds. The van der Waals surface area contributed by atoms with Crippen LogP contribution in [0, 0.1) is 35.5 Å². The van der Waals surface area contributed by atoms with Crippen LogP contribution in [0.4, 0.5) is 0 Å². The van der Waals surface area contributed by atoms with Crippen LogP contribution >= 0.6 is 11.8 Å². The smallest absolute Gasteiger partial charge is 0.246 e. The highest BCUT2D eigenvalue weighted by atomic mass is 32.2. The molecular weight excluding hydrogens is 1240 g/mol. The first-order chi connectivity index (χ1) is 43.8. The first kappa shape index (κ1) is 87.3. The molecule has 26 heteroatoms. The van der Waals surface area contributed by atoms with Gasteiger partial charge in [0.15, 0.2) is 5.78 Å². The molecule has 0 spiro atoms. The van der Waals surface area contributed by atoms with Crippen molar-refractivity contribution in [3.05, 3.63) is 12.2 Å². The van der Waals surface area contributed by atoms with Gasteiger partial charge in [0.25, 0.3) is 0 Å². The lowest BCUT2D eigenvalue weighted by atomic mass is 9.91. The topological polar surface area (TPSA) is 319 Å². The van der Waals surface area contributed by atoms with Crippen LogP contribution in [0.15, 0.2) is 12.2 Å². The number of Topliss-reactive ketones (excluding diaryl/α,β-unsaturated/α-hetero) is 1. The predicted octanol–water partition coefficient (Wildman–Crippen LogP) is 3.69. The number of nitrogens with one attached hydrogen (secondary N) is 4. The summed E-state index contributed by atoms with van der Waals surface area (Å²) in [6.45, 7) is 30.2. The minimum Gasteiger partial charge on any atom is -0.393 e. The van der Waals surface area contributed by atoms with E-state index >= 15 is 24.0 Å². The van der Waals surface area contributed by atoms with Gasteiger partial charge < -0.3 is 66.0 Å². The number of rotatable bonds is 21. The van der Waals surface area contributed by atoms with Crippen LogP contribution < -0.4 is 21.3 Å². The molecule has 95 heavy (non-hydrogen) atoms. The summed E-state index contributed by atoms with van der Waals surface area (Å²) in [6, 6.07) is -14.0. The molecular formula is C69H125N11O14S. The molecule has 1 aliphatic rings. The molecule has 14 atom stereocenters. The Hall–Kier alpha value is -5.70. The van der Waals surface area contributed by atoms with E-state index in [9.17, 15) is 44.1 Å². The van der Waals surface area contributed by atoms with Crippen LogP contribution in [-0.4, -0.2) is 266 Å². The molecule has 0 aliphatic carbocycles. The Kier molecular flexibility index (Phi) is 37.0. The van der Waals surface area contributed by atoms with Crippen molar-refractivity contribution in [2.24, 2.45) is 35.5 Å². The number of hydrogen-bond donors (Lipinski definition) is 7. The fourth-order valence-corrected chi connectivity index (χ4v) is 13.0. The maximum Gasteiger partial charge on any atom is 0.246 e. The number of thioether (sulfide) groups is 1. The van der Waals surface area contributed by atoms with Crippen LogP contribution in [0.25, 0.3) is 0 Å². The molecule has 1 saturated heterocycles. The molecule has 7 N–H and O–H groups in total. The number of aliphatic hydroxyl groups excluding tert-OH is 2. The van der Waals surface area contributed by atoms with Gasteiger partial charge in [0.2, 0.25) is 59.1 Å². The summed E-state index contributed by atoms with van der Waals surface area (Å²) in [4.78, 5) is 172. The molecule has 0 bridgehead atoms. The van der Waals surface area contributed by atoms with Gasteiger partial charge in [0.1, 0.15) is 60.4 Å². The van der Waals surface area contributed by atoms with Gasteiger partial charge in [-0.1, -0.05) is 95.2 Å². The molecule has 0 radical (unpaired) electrons. The highest BCUT2D eigenvalue weighted by Crippen LogP contribution is 2.27. The Morgan fingerprint density at radius 2 is 1.00 bits per heavy atom. The third-order valence-electron chi connectivity index (χ3n) is 17.8. The lowest BCUT2D eigenvalue weighted by molar-refractivity contribution is -0.157. The lowest BCUT2D eigenvalue weighted by Crippen LogP contribution is -2.64. The van der Waals surface area contributed by atoms with E-state index < -0.39 is 173 Å². The van der Waals surface area contributed by atoms with Crippen molar-refractivity contribution in [3.63, 3.8) is 0 Å². The highest BCUT2D eigenvalue weighted by Gasteiger charge is 2.46. The van der Waals surface area contributed by atoms with Crippen molar-refractivity contribution in [2.45, 2.75) is 260 Å². The quantitative estimate of drug-likeness (QED) is 0.0637. The molecule has 546 valence electrons. The average Bonchev–Trinajstić information content (AvgIpc) is 0.809. The van der Waals surface area contributed by atoms with Crippen molar-refractivity contribution < 1.29 is 68.1 Å². The molecule has 0 saturated carbocycles. The van der Waals surface area contributed by atoms with E-state index in [1.165, 1.54) is 118 Å². The van der Waals surface area contributed by atoms with E-state index in [-0.39, 0.29) is 62.0 Å². The van der Waals surface area contributed by atoms with E-state index in [4.69, 9.17) is 0 Å².